The maximum absolute atomic E-state index is 14.4. The summed E-state index contributed by atoms with van der Waals surface area (Å²) < 4.78 is 58.1. The molecule has 0 aliphatic carbocycles. The molecule has 2 aromatic rings. The van der Waals surface area contributed by atoms with Gasteiger partial charge in [0.05, 0.1) is 23.8 Å². The van der Waals surface area contributed by atoms with Crippen LogP contribution in [0.3, 0.4) is 0 Å². The fourth-order valence-electron chi connectivity index (χ4n) is 3.73. The summed E-state index contributed by atoms with van der Waals surface area (Å²) in [7, 11) is 0. The van der Waals surface area contributed by atoms with Crippen LogP contribution in [0, 0.1) is 11.7 Å². The number of hydrogen-bond donors (Lipinski definition) is 0. The van der Waals surface area contributed by atoms with Crippen LogP contribution < -0.4 is 4.90 Å². The molecule has 2 aliphatic rings. The first-order valence-electron chi connectivity index (χ1n) is 9.79. The van der Waals surface area contributed by atoms with Gasteiger partial charge in [0.25, 0.3) is 5.91 Å². The Balaban J connectivity index is 1.60. The highest BCUT2D eigenvalue weighted by Gasteiger charge is 2.43. The Bertz CT molecular complexity index is 1030. The van der Waals surface area contributed by atoms with E-state index in [1.54, 1.807) is 0 Å². The van der Waals surface area contributed by atoms with E-state index in [0.29, 0.717) is 18.8 Å². The number of amides is 2. The van der Waals surface area contributed by atoms with Crippen LogP contribution in [0.4, 0.5) is 23.4 Å². The molecule has 1 aromatic heterocycles. The second-order valence-corrected chi connectivity index (χ2v) is 8.19. The van der Waals surface area contributed by atoms with Gasteiger partial charge in [-0.2, -0.15) is 13.2 Å². The molecule has 0 unspecified atom stereocenters. The zero-order valence-electron chi connectivity index (χ0n) is 16.6. The Morgan fingerprint density at radius 3 is 2.41 bits per heavy atom. The number of ether oxygens (including phenoxy) is 1. The topological polar surface area (TPSA) is 62.7 Å². The molecule has 4 rings (SSSR count). The summed E-state index contributed by atoms with van der Waals surface area (Å²) >= 11 is 5.73. The lowest BCUT2D eigenvalue weighted by Crippen LogP contribution is -2.61. The number of hydrogen-bond acceptors (Lipinski definition) is 4. The van der Waals surface area contributed by atoms with E-state index in [2.05, 4.69) is 4.98 Å². The number of carbonyl (C=O) groups excluding carboxylic acids is 2. The number of rotatable bonds is 5. The summed E-state index contributed by atoms with van der Waals surface area (Å²) in [6.07, 6.45) is -3.00. The van der Waals surface area contributed by atoms with Crippen molar-refractivity contribution in [3.8, 4) is 0 Å². The summed E-state index contributed by atoms with van der Waals surface area (Å²) in [4.78, 5) is 32.4. The van der Waals surface area contributed by atoms with Crippen LogP contribution in [-0.4, -0.2) is 47.5 Å². The smallest absolute Gasteiger partial charge is 0.381 e. The molecule has 1 atom stereocenters. The summed E-state index contributed by atoms with van der Waals surface area (Å²) in [5.74, 6) is -2.07. The second-order valence-electron chi connectivity index (χ2n) is 7.75. The van der Waals surface area contributed by atoms with Crippen molar-refractivity contribution in [2.24, 2.45) is 5.92 Å². The summed E-state index contributed by atoms with van der Waals surface area (Å²) in [6.45, 7) is 0.368. The van der Waals surface area contributed by atoms with Gasteiger partial charge in [-0.05, 0) is 30.2 Å². The van der Waals surface area contributed by atoms with E-state index in [1.165, 1.54) is 23.2 Å². The van der Waals surface area contributed by atoms with E-state index in [9.17, 15) is 27.2 Å². The Morgan fingerprint density at radius 2 is 1.84 bits per heavy atom. The maximum Gasteiger partial charge on any atom is 0.416 e. The molecule has 2 amide bonds. The van der Waals surface area contributed by atoms with E-state index in [0.717, 1.165) is 23.1 Å². The van der Waals surface area contributed by atoms with Crippen molar-refractivity contribution in [3.63, 3.8) is 0 Å². The van der Waals surface area contributed by atoms with Gasteiger partial charge in [0.1, 0.15) is 12.6 Å². The molecule has 0 N–H and O–H groups in total. The number of benzene rings is 1. The molecule has 170 valence electrons. The second kappa shape index (κ2) is 8.67. The Hall–Kier alpha value is -2.72. The molecule has 0 bridgehead atoms. The van der Waals surface area contributed by atoms with Gasteiger partial charge < -0.3 is 9.64 Å². The number of halogens is 5. The fourth-order valence-corrected chi connectivity index (χ4v) is 3.88. The zero-order valence-corrected chi connectivity index (χ0v) is 17.4. The van der Waals surface area contributed by atoms with Crippen molar-refractivity contribution in [2.75, 3.05) is 24.7 Å². The van der Waals surface area contributed by atoms with Gasteiger partial charge in [-0.3, -0.25) is 14.5 Å². The normalized spacial score (nSPS) is 20.0. The zero-order chi connectivity index (χ0) is 23.0. The van der Waals surface area contributed by atoms with E-state index in [-0.39, 0.29) is 29.7 Å². The fraction of sp³-hybridized carbons (Fsp3) is 0.381. The molecule has 3 heterocycles. The lowest BCUT2D eigenvalue weighted by molar-refractivity contribution is -0.146. The minimum absolute atomic E-state index is 0.0369. The van der Waals surface area contributed by atoms with Crippen LogP contribution >= 0.6 is 11.6 Å². The van der Waals surface area contributed by atoms with Crippen molar-refractivity contribution in [2.45, 2.75) is 25.2 Å². The number of aromatic nitrogens is 1. The average Bonchev–Trinajstić information content (AvgIpc) is 2.69. The Kier molecular flexibility index (Phi) is 6.09. The summed E-state index contributed by atoms with van der Waals surface area (Å²) in [6, 6.07) is 4.49. The third kappa shape index (κ3) is 4.56. The molecule has 6 nitrogen and oxygen atoms in total. The molecule has 0 radical (unpaired) electrons. The van der Waals surface area contributed by atoms with Gasteiger partial charge in [0, 0.05) is 18.7 Å². The van der Waals surface area contributed by atoms with Gasteiger partial charge in [-0.25, -0.2) is 9.37 Å². The maximum atomic E-state index is 14.4. The number of pyridine rings is 1. The minimum atomic E-state index is -4.47. The number of anilines is 1. The highest BCUT2D eigenvalue weighted by molar-refractivity contribution is 6.30. The first kappa shape index (κ1) is 22.5. The van der Waals surface area contributed by atoms with E-state index >= 15 is 0 Å². The van der Waals surface area contributed by atoms with Crippen molar-refractivity contribution in [3.05, 3.63) is 58.5 Å². The first-order valence-corrected chi connectivity index (χ1v) is 10.2. The molecular weight excluding hydrogens is 454 g/mol. The summed E-state index contributed by atoms with van der Waals surface area (Å²) in [5.41, 5.74) is -0.362. The monoisotopic (exact) mass is 471 g/mol. The molecule has 0 spiro atoms. The van der Waals surface area contributed by atoms with E-state index in [4.69, 9.17) is 16.3 Å². The van der Waals surface area contributed by atoms with Crippen molar-refractivity contribution in [1.29, 1.82) is 0 Å². The van der Waals surface area contributed by atoms with Gasteiger partial charge in [0.15, 0.2) is 11.6 Å². The summed E-state index contributed by atoms with van der Waals surface area (Å²) in [5, 5.41) is 0.0501. The van der Waals surface area contributed by atoms with Crippen LogP contribution in [0.1, 0.15) is 17.5 Å². The van der Waals surface area contributed by atoms with Crippen molar-refractivity contribution >= 4 is 29.2 Å². The SMILES string of the molecule is O=C1[C@@H](CC2COC2)N(Cc2ccc(C(F)(F)F)cc2)C(=O)CN1c1ncc(Cl)cc1F. The molecular formula is C21H18ClF4N3O3. The van der Waals surface area contributed by atoms with Gasteiger partial charge >= 0.3 is 6.18 Å². The Morgan fingerprint density at radius 1 is 1.16 bits per heavy atom. The van der Waals surface area contributed by atoms with E-state index < -0.39 is 42.0 Å². The van der Waals surface area contributed by atoms with Gasteiger partial charge in [0.2, 0.25) is 5.91 Å². The largest absolute Gasteiger partial charge is 0.416 e. The standard InChI is InChI=1S/C21H18ClF4N3O3/c22-15-6-16(23)19(27-7-15)29-9-18(30)28(17(20(29)31)5-13-10-32-11-13)8-12-1-3-14(4-2-12)21(24,25)26/h1-4,6-7,13,17H,5,8-11H2/t17-/m1/s1. The van der Waals surface area contributed by atoms with Gasteiger partial charge in [-0.15, -0.1) is 0 Å². The number of nitrogens with zero attached hydrogens (tertiary/aromatic N) is 3. The molecule has 11 heteroatoms. The average molecular weight is 472 g/mol. The molecule has 0 saturated carbocycles. The lowest BCUT2D eigenvalue weighted by atomic mass is 9.94. The minimum Gasteiger partial charge on any atom is -0.381 e. The van der Waals surface area contributed by atoms with Crippen LogP contribution in [0.25, 0.3) is 0 Å². The quantitative estimate of drug-likeness (QED) is 0.624. The highest BCUT2D eigenvalue weighted by Crippen LogP contribution is 2.31. The number of carbonyl (C=O) groups is 2. The van der Waals surface area contributed by atoms with Crippen LogP contribution in [0.15, 0.2) is 36.5 Å². The van der Waals surface area contributed by atoms with Crippen LogP contribution in [-0.2, 0) is 27.0 Å². The third-order valence-electron chi connectivity index (χ3n) is 5.48. The van der Waals surface area contributed by atoms with Gasteiger partial charge in [-0.1, -0.05) is 23.7 Å². The van der Waals surface area contributed by atoms with Crippen molar-refractivity contribution in [1.82, 2.24) is 9.88 Å². The van der Waals surface area contributed by atoms with Crippen molar-refractivity contribution < 1.29 is 31.9 Å². The Labute approximate surface area is 185 Å². The highest BCUT2D eigenvalue weighted by atomic mass is 35.5. The predicted molar refractivity (Wildman–Crippen MR) is 106 cm³/mol. The van der Waals surface area contributed by atoms with E-state index in [1.807, 2.05) is 0 Å². The molecule has 2 saturated heterocycles. The third-order valence-corrected chi connectivity index (χ3v) is 5.69. The molecule has 2 fully saturated rings. The first-order chi connectivity index (χ1) is 15.1. The lowest BCUT2D eigenvalue weighted by Gasteiger charge is -2.42. The predicted octanol–water partition coefficient (Wildman–Crippen LogP) is 3.67. The molecule has 32 heavy (non-hydrogen) atoms. The van der Waals surface area contributed by atoms with Crippen LogP contribution in [0.5, 0.6) is 0 Å². The molecule has 1 aromatic carbocycles. The number of alkyl halides is 3. The molecule has 2 aliphatic heterocycles. The van der Waals surface area contributed by atoms with Crippen LogP contribution in [0.2, 0.25) is 5.02 Å². The number of piperazine rings is 1.